The van der Waals surface area contributed by atoms with Gasteiger partial charge in [-0.1, -0.05) is 90.7 Å². The minimum absolute atomic E-state index is 0.213. The SMILES string of the molecule is Cc1ccc2nc(NCCc3ccccc3)c(/C=C3\SC(=S)N([C@H](C)c4ccccc4)C3=O)c(=O)n2c1. The molecule has 4 aromatic rings. The Morgan fingerprint density at radius 2 is 1.73 bits per heavy atom. The molecule has 1 amide bonds. The first-order chi connectivity index (χ1) is 17.9. The number of pyridine rings is 1. The van der Waals surface area contributed by atoms with Gasteiger partial charge < -0.3 is 5.32 Å². The standard InChI is InChI=1S/C29H26N4O2S2/c1-19-13-14-25-31-26(30-16-15-21-9-5-3-6-10-21)23(27(34)32(25)18-19)17-24-28(35)33(29(36)37-24)20(2)22-11-7-4-8-12-22/h3-14,17-18,20,30H,15-16H2,1-2H3/b24-17-/t20-/m1/s1. The zero-order valence-corrected chi connectivity index (χ0v) is 22.2. The van der Waals surface area contributed by atoms with E-state index >= 15 is 0 Å². The fraction of sp³-hybridized carbons (Fsp3) is 0.172. The lowest BCUT2D eigenvalue weighted by molar-refractivity contribution is -0.123. The molecule has 37 heavy (non-hydrogen) atoms. The molecule has 8 heteroatoms. The Morgan fingerprint density at radius 3 is 2.46 bits per heavy atom. The number of carbonyl (C=O) groups excluding carboxylic acids is 1. The van der Waals surface area contributed by atoms with E-state index < -0.39 is 0 Å². The van der Waals surface area contributed by atoms with Gasteiger partial charge in [0, 0.05) is 12.7 Å². The lowest BCUT2D eigenvalue weighted by Crippen LogP contribution is -2.31. The van der Waals surface area contributed by atoms with Gasteiger partial charge in [0.15, 0.2) is 0 Å². The predicted octanol–water partition coefficient (Wildman–Crippen LogP) is 5.62. The van der Waals surface area contributed by atoms with Crippen LogP contribution in [0.2, 0.25) is 0 Å². The van der Waals surface area contributed by atoms with Crippen LogP contribution in [0.4, 0.5) is 5.82 Å². The summed E-state index contributed by atoms with van der Waals surface area (Å²) in [5.74, 6) is 0.237. The quantitative estimate of drug-likeness (QED) is 0.249. The van der Waals surface area contributed by atoms with Gasteiger partial charge in [-0.05, 0) is 49.1 Å². The van der Waals surface area contributed by atoms with Crippen LogP contribution in [-0.4, -0.2) is 31.1 Å². The first kappa shape index (κ1) is 24.9. The highest BCUT2D eigenvalue weighted by Crippen LogP contribution is 2.38. The van der Waals surface area contributed by atoms with Crippen molar-refractivity contribution in [2.75, 3.05) is 11.9 Å². The number of fused-ring (bicyclic) bond motifs is 1. The van der Waals surface area contributed by atoms with Gasteiger partial charge in [0.25, 0.3) is 11.5 Å². The highest BCUT2D eigenvalue weighted by molar-refractivity contribution is 8.26. The molecule has 1 atom stereocenters. The highest BCUT2D eigenvalue weighted by Gasteiger charge is 2.36. The number of hydrogen-bond acceptors (Lipinski definition) is 6. The van der Waals surface area contributed by atoms with Crippen molar-refractivity contribution in [3.05, 3.63) is 117 Å². The lowest BCUT2D eigenvalue weighted by atomic mass is 10.1. The number of hydrogen-bond donors (Lipinski definition) is 1. The number of nitrogens with zero attached hydrogens (tertiary/aromatic N) is 3. The lowest BCUT2D eigenvalue weighted by Gasteiger charge is -2.23. The van der Waals surface area contributed by atoms with E-state index in [1.807, 2.05) is 74.5 Å². The molecule has 6 nitrogen and oxygen atoms in total. The van der Waals surface area contributed by atoms with Crippen molar-refractivity contribution in [3.63, 3.8) is 0 Å². The monoisotopic (exact) mass is 526 g/mol. The van der Waals surface area contributed by atoms with Gasteiger partial charge in [0.05, 0.1) is 16.5 Å². The van der Waals surface area contributed by atoms with Crippen molar-refractivity contribution >= 4 is 51.7 Å². The maximum absolute atomic E-state index is 13.6. The molecule has 0 unspecified atom stereocenters. The summed E-state index contributed by atoms with van der Waals surface area (Å²) in [5.41, 5.74) is 3.75. The number of thiocarbonyl (C=S) groups is 1. The van der Waals surface area contributed by atoms with Crippen LogP contribution >= 0.6 is 24.0 Å². The van der Waals surface area contributed by atoms with Crippen molar-refractivity contribution in [2.24, 2.45) is 0 Å². The Labute approximate surface area is 225 Å². The average molecular weight is 527 g/mol. The van der Waals surface area contributed by atoms with Gasteiger partial charge >= 0.3 is 0 Å². The van der Waals surface area contributed by atoms with Crippen LogP contribution < -0.4 is 10.9 Å². The van der Waals surface area contributed by atoms with Crippen LogP contribution in [0.15, 0.2) is 88.7 Å². The van der Waals surface area contributed by atoms with Crippen molar-refractivity contribution < 1.29 is 4.79 Å². The molecule has 3 heterocycles. The summed E-state index contributed by atoms with van der Waals surface area (Å²) in [6.07, 6.45) is 4.16. The second-order valence-electron chi connectivity index (χ2n) is 8.91. The van der Waals surface area contributed by atoms with E-state index in [-0.39, 0.29) is 17.5 Å². The van der Waals surface area contributed by atoms with Gasteiger partial charge in [0.1, 0.15) is 15.8 Å². The molecule has 0 radical (unpaired) electrons. The van der Waals surface area contributed by atoms with Crippen LogP contribution in [0.3, 0.4) is 0 Å². The number of carbonyl (C=O) groups is 1. The van der Waals surface area contributed by atoms with Crippen LogP contribution in [0.1, 0.15) is 35.2 Å². The number of nitrogens with one attached hydrogen (secondary N) is 1. The van der Waals surface area contributed by atoms with E-state index in [2.05, 4.69) is 17.4 Å². The van der Waals surface area contributed by atoms with E-state index in [4.69, 9.17) is 17.2 Å². The molecule has 186 valence electrons. The van der Waals surface area contributed by atoms with Gasteiger partial charge in [-0.25, -0.2) is 4.98 Å². The summed E-state index contributed by atoms with van der Waals surface area (Å²) in [7, 11) is 0. The van der Waals surface area contributed by atoms with Crippen molar-refractivity contribution in [1.82, 2.24) is 14.3 Å². The van der Waals surface area contributed by atoms with E-state index in [0.717, 1.165) is 17.5 Å². The second kappa shape index (κ2) is 10.7. The fourth-order valence-corrected chi connectivity index (χ4v) is 5.72. The van der Waals surface area contributed by atoms with Gasteiger partial charge in [0.2, 0.25) is 0 Å². The summed E-state index contributed by atoms with van der Waals surface area (Å²) in [6, 6.07) is 23.4. The normalized spacial score (nSPS) is 15.5. The Hall–Kier alpha value is -3.75. The van der Waals surface area contributed by atoms with Crippen LogP contribution in [0.25, 0.3) is 11.7 Å². The van der Waals surface area contributed by atoms with E-state index in [0.29, 0.717) is 32.8 Å². The number of anilines is 1. The third-order valence-electron chi connectivity index (χ3n) is 6.32. The summed E-state index contributed by atoms with van der Waals surface area (Å²) >= 11 is 6.80. The molecule has 2 aromatic carbocycles. The van der Waals surface area contributed by atoms with Gasteiger partial charge in [-0.15, -0.1) is 0 Å². The number of aryl methyl sites for hydroxylation is 1. The molecule has 1 saturated heterocycles. The number of aromatic nitrogens is 2. The zero-order chi connectivity index (χ0) is 25.9. The maximum atomic E-state index is 13.6. The van der Waals surface area contributed by atoms with E-state index in [1.54, 1.807) is 17.2 Å². The smallest absolute Gasteiger partial charge is 0.267 e. The predicted molar refractivity (Wildman–Crippen MR) is 155 cm³/mol. The van der Waals surface area contributed by atoms with Crippen LogP contribution in [0, 0.1) is 6.92 Å². The third kappa shape index (κ3) is 5.21. The van der Waals surface area contributed by atoms with Crippen molar-refractivity contribution in [1.29, 1.82) is 0 Å². The Balaban J connectivity index is 1.51. The first-order valence-electron chi connectivity index (χ1n) is 12.0. The van der Waals surface area contributed by atoms with Gasteiger partial charge in [-0.2, -0.15) is 0 Å². The Bertz CT molecular complexity index is 1570. The summed E-state index contributed by atoms with van der Waals surface area (Å²) < 4.78 is 1.99. The third-order valence-corrected chi connectivity index (χ3v) is 7.65. The molecule has 5 rings (SSSR count). The molecular formula is C29H26N4O2S2. The number of rotatable bonds is 7. The molecule has 0 saturated carbocycles. The molecule has 1 aliphatic rings. The van der Waals surface area contributed by atoms with E-state index in [9.17, 15) is 9.59 Å². The van der Waals surface area contributed by atoms with Crippen molar-refractivity contribution in [2.45, 2.75) is 26.3 Å². The maximum Gasteiger partial charge on any atom is 0.267 e. The van der Waals surface area contributed by atoms with Gasteiger partial charge in [-0.3, -0.25) is 18.9 Å². The molecule has 1 aliphatic heterocycles. The molecule has 0 bridgehead atoms. The Kier molecular flexibility index (Phi) is 7.21. The second-order valence-corrected chi connectivity index (χ2v) is 10.6. The zero-order valence-electron chi connectivity index (χ0n) is 20.5. The summed E-state index contributed by atoms with van der Waals surface area (Å²) in [4.78, 5) is 33.8. The van der Waals surface area contributed by atoms with Crippen molar-refractivity contribution in [3.8, 4) is 0 Å². The topological polar surface area (TPSA) is 66.7 Å². The van der Waals surface area contributed by atoms with Crippen LogP contribution in [0.5, 0.6) is 0 Å². The fourth-order valence-electron chi connectivity index (χ4n) is 4.32. The number of thioether (sulfide) groups is 1. The molecule has 0 aliphatic carbocycles. The summed E-state index contributed by atoms with van der Waals surface area (Å²) in [5, 5.41) is 3.33. The first-order valence-corrected chi connectivity index (χ1v) is 13.3. The number of benzene rings is 2. The minimum Gasteiger partial charge on any atom is -0.369 e. The molecular weight excluding hydrogens is 500 g/mol. The summed E-state index contributed by atoms with van der Waals surface area (Å²) in [6.45, 7) is 4.47. The molecule has 1 N–H and O–H groups in total. The molecule has 0 spiro atoms. The minimum atomic E-state index is -0.239. The molecule has 2 aromatic heterocycles. The Morgan fingerprint density at radius 1 is 1.03 bits per heavy atom. The highest BCUT2D eigenvalue weighted by atomic mass is 32.2. The van der Waals surface area contributed by atoms with Crippen LogP contribution in [-0.2, 0) is 11.2 Å². The van der Waals surface area contributed by atoms with E-state index in [1.165, 1.54) is 21.7 Å². The average Bonchev–Trinajstić information content (AvgIpc) is 3.19. The number of amides is 1. The largest absolute Gasteiger partial charge is 0.369 e. The molecule has 1 fully saturated rings.